The summed E-state index contributed by atoms with van der Waals surface area (Å²) in [4.78, 5) is 13.6. The first-order valence-corrected chi connectivity index (χ1v) is 9.06. The molecule has 1 amide bonds. The van der Waals surface area contributed by atoms with E-state index in [9.17, 15) is 9.18 Å². The van der Waals surface area contributed by atoms with Gasteiger partial charge in [-0.15, -0.1) is 11.8 Å². The first-order valence-electron chi connectivity index (χ1n) is 7.46. The van der Waals surface area contributed by atoms with Gasteiger partial charge in [-0.2, -0.15) is 5.10 Å². The minimum atomic E-state index is -0.427. The maximum atomic E-state index is 14.1. The SMILES string of the molecule is CSc1ccc(Cl)c(C(=O)Nc2cc(C)nn2-c2ccccc2F)c1. The Labute approximate surface area is 154 Å². The standard InChI is InChI=1S/C18H15ClFN3OS/c1-11-9-17(23(22-11)16-6-4-3-5-15(16)20)21-18(24)13-10-12(25-2)7-8-14(13)19/h3-10H,1-2H3,(H,21,24). The number of rotatable bonds is 4. The number of thioether (sulfide) groups is 1. The molecule has 0 saturated carbocycles. The number of halogens is 2. The second kappa shape index (κ2) is 7.29. The normalized spacial score (nSPS) is 10.7. The number of carbonyl (C=O) groups excluding carboxylic acids is 1. The van der Waals surface area contributed by atoms with Gasteiger partial charge in [0.05, 0.1) is 16.3 Å². The van der Waals surface area contributed by atoms with Gasteiger partial charge in [-0.25, -0.2) is 9.07 Å². The van der Waals surface area contributed by atoms with E-state index in [1.54, 1.807) is 43.3 Å². The average Bonchev–Trinajstić information content (AvgIpc) is 2.95. The number of anilines is 1. The Balaban J connectivity index is 1.97. The predicted octanol–water partition coefficient (Wildman–Crippen LogP) is 4.95. The number of aryl methyl sites for hydroxylation is 1. The van der Waals surface area contributed by atoms with Crippen molar-refractivity contribution in [2.24, 2.45) is 0 Å². The zero-order valence-electron chi connectivity index (χ0n) is 13.6. The van der Waals surface area contributed by atoms with Crippen molar-refractivity contribution in [3.63, 3.8) is 0 Å². The molecule has 0 unspecified atom stereocenters. The molecular weight excluding hydrogens is 361 g/mol. The summed E-state index contributed by atoms with van der Waals surface area (Å²) in [6, 6.07) is 13.2. The monoisotopic (exact) mass is 375 g/mol. The van der Waals surface area contributed by atoms with Gasteiger partial charge in [0.15, 0.2) is 0 Å². The first-order chi connectivity index (χ1) is 12.0. The molecule has 1 heterocycles. The molecule has 0 radical (unpaired) electrons. The number of nitrogens with one attached hydrogen (secondary N) is 1. The lowest BCUT2D eigenvalue weighted by Gasteiger charge is -2.11. The van der Waals surface area contributed by atoms with Crippen LogP contribution in [-0.4, -0.2) is 21.9 Å². The van der Waals surface area contributed by atoms with Crippen molar-refractivity contribution in [2.45, 2.75) is 11.8 Å². The van der Waals surface area contributed by atoms with Crippen molar-refractivity contribution in [1.82, 2.24) is 9.78 Å². The van der Waals surface area contributed by atoms with Gasteiger partial charge < -0.3 is 5.32 Å². The topological polar surface area (TPSA) is 46.9 Å². The third-order valence-corrected chi connectivity index (χ3v) is 4.63. The lowest BCUT2D eigenvalue weighted by atomic mass is 10.2. The fourth-order valence-corrected chi connectivity index (χ4v) is 3.03. The van der Waals surface area contributed by atoms with E-state index in [4.69, 9.17) is 11.6 Å². The summed E-state index contributed by atoms with van der Waals surface area (Å²) in [5.41, 5.74) is 1.27. The first kappa shape index (κ1) is 17.5. The molecule has 0 saturated heterocycles. The Morgan fingerprint density at radius 1 is 1.24 bits per heavy atom. The molecule has 7 heteroatoms. The maximum absolute atomic E-state index is 14.1. The fraction of sp³-hybridized carbons (Fsp3) is 0.111. The molecule has 0 fully saturated rings. The highest BCUT2D eigenvalue weighted by Crippen LogP contribution is 2.25. The molecule has 0 bridgehead atoms. The third-order valence-electron chi connectivity index (χ3n) is 3.57. The number of para-hydroxylation sites is 1. The lowest BCUT2D eigenvalue weighted by Crippen LogP contribution is -2.16. The van der Waals surface area contributed by atoms with E-state index in [2.05, 4.69) is 10.4 Å². The van der Waals surface area contributed by atoms with Crippen LogP contribution in [0.4, 0.5) is 10.2 Å². The molecule has 2 aromatic carbocycles. The van der Waals surface area contributed by atoms with Crippen LogP contribution in [0.1, 0.15) is 16.1 Å². The number of nitrogens with zero attached hydrogens (tertiary/aromatic N) is 2. The molecule has 25 heavy (non-hydrogen) atoms. The van der Waals surface area contributed by atoms with E-state index in [-0.39, 0.29) is 11.6 Å². The van der Waals surface area contributed by atoms with E-state index in [0.717, 1.165) is 4.90 Å². The van der Waals surface area contributed by atoms with E-state index < -0.39 is 5.82 Å². The molecule has 128 valence electrons. The van der Waals surface area contributed by atoms with Crippen LogP contribution in [0, 0.1) is 12.7 Å². The van der Waals surface area contributed by atoms with Crippen LogP contribution in [0.2, 0.25) is 5.02 Å². The summed E-state index contributed by atoms with van der Waals surface area (Å²) in [7, 11) is 0. The minimum Gasteiger partial charge on any atom is -0.306 e. The zero-order chi connectivity index (χ0) is 18.0. The van der Waals surface area contributed by atoms with E-state index in [1.807, 2.05) is 12.3 Å². The summed E-state index contributed by atoms with van der Waals surface area (Å²) in [6.45, 7) is 1.77. The number of hydrogen-bond donors (Lipinski definition) is 1. The van der Waals surface area contributed by atoms with Crippen molar-refractivity contribution in [3.05, 3.63) is 70.6 Å². The second-order valence-corrected chi connectivity index (χ2v) is 6.62. The number of carbonyl (C=O) groups is 1. The van der Waals surface area contributed by atoms with E-state index in [0.29, 0.717) is 22.1 Å². The molecular formula is C18H15ClFN3OS. The smallest absolute Gasteiger partial charge is 0.258 e. The maximum Gasteiger partial charge on any atom is 0.258 e. The van der Waals surface area contributed by atoms with Gasteiger partial charge in [-0.3, -0.25) is 4.79 Å². The van der Waals surface area contributed by atoms with Gasteiger partial charge in [0, 0.05) is 11.0 Å². The van der Waals surface area contributed by atoms with Crippen LogP contribution in [0.25, 0.3) is 5.69 Å². The van der Waals surface area contributed by atoms with Crippen molar-refractivity contribution in [2.75, 3.05) is 11.6 Å². The molecule has 1 aromatic heterocycles. The van der Waals surface area contributed by atoms with Gasteiger partial charge in [0.2, 0.25) is 0 Å². The summed E-state index contributed by atoms with van der Waals surface area (Å²) in [5, 5.41) is 7.39. The van der Waals surface area contributed by atoms with Crippen LogP contribution in [0.5, 0.6) is 0 Å². The highest BCUT2D eigenvalue weighted by molar-refractivity contribution is 7.98. The molecule has 3 aromatic rings. The van der Waals surface area contributed by atoms with Crippen molar-refractivity contribution in [3.8, 4) is 5.69 Å². The lowest BCUT2D eigenvalue weighted by molar-refractivity contribution is 0.102. The summed E-state index contributed by atoms with van der Waals surface area (Å²) in [5.74, 6) is -0.430. The summed E-state index contributed by atoms with van der Waals surface area (Å²) < 4.78 is 15.5. The van der Waals surface area contributed by atoms with Crippen molar-refractivity contribution in [1.29, 1.82) is 0 Å². The number of hydrogen-bond acceptors (Lipinski definition) is 3. The Morgan fingerprint density at radius 2 is 2.00 bits per heavy atom. The summed E-state index contributed by atoms with van der Waals surface area (Å²) >= 11 is 7.66. The quantitative estimate of drug-likeness (QED) is 0.656. The van der Waals surface area contributed by atoms with Crippen LogP contribution in [0.15, 0.2) is 53.4 Å². The highest BCUT2D eigenvalue weighted by Gasteiger charge is 2.16. The largest absolute Gasteiger partial charge is 0.306 e. The van der Waals surface area contributed by atoms with Crippen LogP contribution in [-0.2, 0) is 0 Å². The number of benzene rings is 2. The van der Waals surface area contributed by atoms with Crippen molar-refractivity contribution >= 4 is 35.1 Å². The Bertz CT molecular complexity index is 942. The summed E-state index contributed by atoms with van der Waals surface area (Å²) in [6.07, 6.45) is 1.92. The molecule has 0 spiro atoms. The van der Waals surface area contributed by atoms with Crippen LogP contribution < -0.4 is 5.32 Å². The highest BCUT2D eigenvalue weighted by atomic mass is 35.5. The van der Waals surface area contributed by atoms with Gasteiger partial charge in [-0.05, 0) is 43.5 Å². The van der Waals surface area contributed by atoms with Gasteiger partial charge in [0.1, 0.15) is 17.3 Å². The fourth-order valence-electron chi connectivity index (χ4n) is 2.38. The van der Waals surface area contributed by atoms with Crippen molar-refractivity contribution < 1.29 is 9.18 Å². The average molecular weight is 376 g/mol. The minimum absolute atomic E-state index is 0.259. The van der Waals surface area contributed by atoms with Crippen LogP contribution in [0.3, 0.4) is 0 Å². The van der Waals surface area contributed by atoms with Crippen LogP contribution >= 0.6 is 23.4 Å². The Morgan fingerprint density at radius 3 is 2.72 bits per heavy atom. The number of aromatic nitrogens is 2. The molecule has 4 nitrogen and oxygen atoms in total. The Hall–Kier alpha value is -2.31. The molecule has 0 aliphatic heterocycles. The molecule has 3 rings (SSSR count). The second-order valence-electron chi connectivity index (χ2n) is 5.33. The van der Waals surface area contributed by atoms with Gasteiger partial charge in [-0.1, -0.05) is 23.7 Å². The molecule has 0 atom stereocenters. The predicted molar refractivity (Wildman–Crippen MR) is 99.4 cm³/mol. The zero-order valence-corrected chi connectivity index (χ0v) is 15.2. The molecule has 0 aliphatic carbocycles. The Kier molecular flexibility index (Phi) is 5.11. The molecule has 0 aliphatic rings. The number of amides is 1. The molecule has 1 N–H and O–H groups in total. The van der Waals surface area contributed by atoms with E-state index >= 15 is 0 Å². The van der Waals surface area contributed by atoms with Gasteiger partial charge in [0.25, 0.3) is 5.91 Å². The van der Waals surface area contributed by atoms with Gasteiger partial charge >= 0.3 is 0 Å². The van der Waals surface area contributed by atoms with E-state index in [1.165, 1.54) is 22.5 Å². The third kappa shape index (κ3) is 3.70.